The van der Waals surface area contributed by atoms with E-state index in [1.165, 1.54) is 13.0 Å². The van der Waals surface area contributed by atoms with Crippen molar-refractivity contribution in [3.05, 3.63) is 29.6 Å². The van der Waals surface area contributed by atoms with Crippen LogP contribution in [0.4, 0.5) is 17.6 Å². The van der Waals surface area contributed by atoms with Gasteiger partial charge in [-0.15, -0.1) is 0 Å². The van der Waals surface area contributed by atoms with Gasteiger partial charge in [0.2, 0.25) is 0 Å². The Morgan fingerprint density at radius 2 is 1.94 bits per heavy atom. The molecule has 0 aliphatic carbocycles. The molecule has 1 rings (SSSR count). The molecule has 7 heteroatoms. The maximum Gasteiger partial charge on any atom is 0.415 e. The number of aromatic hydroxyl groups is 1. The van der Waals surface area contributed by atoms with Crippen LogP contribution in [0, 0.1) is 5.82 Å². The van der Waals surface area contributed by atoms with Crippen LogP contribution in [-0.4, -0.2) is 29.0 Å². The zero-order chi connectivity index (χ0) is 13.9. The fourth-order valence-corrected chi connectivity index (χ4v) is 1.40. The molecule has 0 aromatic heterocycles. The van der Waals surface area contributed by atoms with Crippen molar-refractivity contribution in [3.8, 4) is 5.75 Å². The minimum Gasteiger partial charge on any atom is -0.508 e. The summed E-state index contributed by atoms with van der Waals surface area (Å²) in [4.78, 5) is 0. The van der Waals surface area contributed by atoms with Gasteiger partial charge in [0, 0.05) is 24.2 Å². The zero-order valence-corrected chi connectivity index (χ0v) is 9.50. The Morgan fingerprint density at radius 3 is 2.44 bits per heavy atom. The molecule has 1 aromatic carbocycles. The van der Waals surface area contributed by atoms with Crippen molar-refractivity contribution in [2.45, 2.75) is 25.2 Å². The molecule has 3 N–H and O–H groups in total. The van der Waals surface area contributed by atoms with E-state index in [9.17, 15) is 22.7 Å². The Labute approximate surface area is 101 Å². The van der Waals surface area contributed by atoms with Crippen LogP contribution in [0.3, 0.4) is 0 Å². The molecule has 0 heterocycles. The molecule has 2 atom stereocenters. The van der Waals surface area contributed by atoms with Crippen LogP contribution in [0.5, 0.6) is 5.75 Å². The molecule has 102 valence electrons. The molecule has 0 saturated carbocycles. The number of phenols is 1. The van der Waals surface area contributed by atoms with Crippen LogP contribution < -0.4 is 5.32 Å². The smallest absolute Gasteiger partial charge is 0.415 e. The fraction of sp³-hybridized carbons (Fsp3) is 0.455. The Morgan fingerprint density at radius 1 is 1.33 bits per heavy atom. The molecular formula is C11H13F4NO2. The number of benzene rings is 1. The third-order valence-electron chi connectivity index (χ3n) is 2.45. The van der Waals surface area contributed by atoms with E-state index in [0.29, 0.717) is 0 Å². The molecular weight excluding hydrogens is 254 g/mol. The normalized spacial score (nSPS) is 15.4. The predicted octanol–water partition coefficient (Wildman–Crippen LogP) is 2.11. The molecule has 0 amide bonds. The van der Waals surface area contributed by atoms with Gasteiger partial charge >= 0.3 is 6.18 Å². The van der Waals surface area contributed by atoms with Gasteiger partial charge in [-0.3, -0.25) is 0 Å². The van der Waals surface area contributed by atoms with E-state index in [1.807, 2.05) is 0 Å². The Balaban J connectivity index is 2.63. The van der Waals surface area contributed by atoms with Gasteiger partial charge in [0.05, 0.1) is 0 Å². The number of alkyl halides is 3. The molecule has 0 bridgehead atoms. The lowest BCUT2D eigenvalue weighted by Crippen LogP contribution is -2.39. The monoisotopic (exact) mass is 267 g/mol. The molecule has 0 spiro atoms. The van der Waals surface area contributed by atoms with E-state index < -0.39 is 30.7 Å². The molecule has 18 heavy (non-hydrogen) atoms. The van der Waals surface area contributed by atoms with Crippen LogP contribution in [0.1, 0.15) is 18.5 Å². The van der Waals surface area contributed by atoms with E-state index in [4.69, 9.17) is 5.11 Å². The number of nitrogens with one attached hydrogen (secondary N) is 1. The number of aliphatic hydroxyl groups is 1. The van der Waals surface area contributed by atoms with Crippen LogP contribution in [-0.2, 0) is 0 Å². The number of hydrogen-bond donors (Lipinski definition) is 3. The summed E-state index contributed by atoms with van der Waals surface area (Å²) in [5, 5.41) is 20.6. The lowest BCUT2D eigenvalue weighted by atomic mass is 10.1. The third-order valence-corrected chi connectivity index (χ3v) is 2.45. The first-order chi connectivity index (χ1) is 8.21. The number of phenolic OH excluding ortho intramolecular Hbond substituents is 1. The minimum absolute atomic E-state index is 0.255. The van der Waals surface area contributed by atoms with Crippen molar-refractivity contribution in [3.63, 3.8) is 0 Å². The predicted molar refractivity (Wildman–Crippen MR) is 56.5 cm³/mol. The van der Waals surface area contributed by atoms with Crippen LogP contribution in [0.2, 0.25) is 0 Å². The van der Waals surface area contributed by atoms with Crippen molar-refractivity contribution < 1.29 is 27.8 Å². The van der Waals surface area contributed by atoms with Crippen molar-refractivity contribution in [1.29, 1.82) is 0 Å². The summed E-state index contributed by atoms with van der Waals surface area (Å²) in [6, 6.07) is 2.58. The summed E-state index contributed by atoms with van der Waals surface area (Å²) in [6.07, 6.45) is -7.18. The van der Waals surface area contributed by atoms with Crippen molar-refractivity contribution in [1.82, 2.24) is 5.32 Å². The second kappa shape index (κ2) is 5.53. The number of rotatable bonds is 4. The average molecular weight is 267 g/mol. The SMILES string of the molecule is CC(NCC(O)C(F)(F)F)c1ccc(F)cc1O. The largest absolute Gasteiger partial charge is 0.508 e. The van der Waals surface area contributed by atoms with E-state index in [2.05, 4.69) is 5.32 Å². The molecule has 2 unspecified atom stereocenters. The number of aliphatic hydroxyl groups excluding tert-OH is 1. The third kappa shape index (κ3) is 3.85. The molecule has 0 aliphatic heterocycles. The first kappa shape index (κ1) is 14.7. The Bertz CT molecular complexity index is 409. The number of halogens is 4. The average Bonchev–Trinajstić information content (AvgIpc) is 2.24. The van der Waals surface area contributed by atoms with Crippen molar-refractivity contribution in [2.75, 3.05) is 6.54 Å². The standard InChI is InChI=1S/C11H13F4NO2/c1-6(16-5-10(18)11(13,14)15)8-3-2-7(12)4-9(8)17/h2-4,6,10,16-18H,5H2,1H3. The van der Waals surface area contributed by atoms with E-state index in [-0.39, 0.29) is 11.3 Å². The highest BCUT2D eigenvalue weighted by Crippen LogP contribution is 2.25. The first-order valence-corrected chi connectivity index (χ1v) is 5.18. The molecule has 3 nitrogen and oxygen atoms in total. The molecule has 0 saturated heterocycles. The lowest BCUT2D eigenvalue weighted by molar-refractivity contribution is -0.202. The fourth-order valence-electron chi connectivity index (χ4n) is 1.40. The number of hydrogen-bond acceptors (Lipinski definition) is 3. The molecule has 0 radical (unpaired) electrons. The lowest BCUT2D eigenvalue weighted by Gasteiger charge is -2.19. The summed E-state index contributed by atoms with van der Waals surface area (Å²) < 4.78 is 48.8. The summed E-state index contributed by atoms with van der Waals surface area (Å²) >= 11 is 0. The van der Waals surface area contributed by atoms with Crippen molar-refractivity contribution >= 4 is 0 Å². The minimum atomic E-state index is -4.70. The maximum absolute atomic E-state index is 12.7. The molecule has 0 fully saturated rings. The highest BCUT2D eigenvalue weighted by molar-refractivity contribution is 5.34. The maximum atomic E-state index is 12.7. The van der Waals surface area contributed by atoms with Gasteiger partial charge in [-0.25, -0.2) is 4.39 Å². The van der Waals surface area contributed by atoms with Crippen molar-refractivity contribution in [2.24, 2.45) is 0 Å². The molecule has 1 aromatic rings. The Kier molecular flexibility index (Phi) is 4.53. The van der Waals surface area contributed by atoms with Gasteiger partial charge in [0.15, 0.2) is 6.10 Å². The second-order valence-electron chi connectivity index (χ2n) is 3.89. The summed E-state index contributed by atoms with van der Waals surface area (Å²) in [6.45, 7) is 0.789. The van der Waals surface area contributed by atoms with Gasteiger partial charge in [-0.1, -0.05) is 6.07 Å². The summed E-state index contributed by atoms with van der Waals surface area (Å²) in [7, 11) is 0. The topological polar surface area (TPSA) is 52.5 Å². The van der Waals surface area contributed by atoms with Gasteiger partial charge in [0.1, 0.15) is 11.6 Å². The second-order valence-corrected chi connectivity index (χ2v) is 3.89. The van der Waals surface area contributed by atoms with Crippen LogP contribution in [0.25, 0.3) is 0 Å². The van der Waals surface area contributed by atoms with Gasteiger partial charge in [-0.05, 0) is 13.0 Å². The van der Waals surface area contributed by atoms with Gasteiger partial charge in [-0.2, -0.15) is 13.2 Å². The highest BCUT2D eigenvalue weighted by atomic mass is 19.4. The zero-order valence-electron chi connectivity index (χ0n) is 9.50. The van der Waals surface area contributed by atoms with E-state index in [1.54, 1.807) is 0 Å². The van der Waals surface area contributed by atoms with E-state index >= 15 is 0 Å². The molecule has 0 aliphatic rings. The summed E-state index contributed by atoms with van der Waals surface area (Å²) in [5.74, 6) is -0.990. The highest BCUT2D eigenvalue weighted by Gasteiger charge is 2.38. The summed E-state index contributed by atoms with van der Waals surface area (Å²) in [5.41, 5.74) is 0.255. The van der Waals surface area contributed by atoms with E-state index in [0.717, 1.165) is 12.1 Å². The quantitative estimate of drug-likeness (QED) is 0.732. The van der Waals surface area contributed by atoms with Gasteiger partial charge < -0.3 is 15.5 Å². The van der Waals surface area contributed by atoms with Gasteiger partial charge in [0.25, 0.3) is 0 Å². The first-order valence-electron chi connectivity index (χ1n) is 5.18. The van der Waals surface area contributed by atoms with Crippen LogP contribution >= 0.6 is 0 Å². The Hall–Kier alpha value is -1.34. The van der Waals surface area contributed by atoms with Crippen LogP contribution in [0.15, 0.2) is 18.2 Å².